The third-order valence-electron chi connectivity index (χ3n) is 3.74. The van der Waals surface area contributed by atoms with Gasteiger partial charge >= 0.3 is 0 Å². The average molecular weight is 376 g/mol. The highest BCUT2D eigenvalue weighted by Crippen LogP contribution is 2.16. The lowest BCUT2D eigenvalue weighted by Crippen LogP contribution is -2.36. The predicted octanol–water partition coefficient (Wildman–Crippen LogP) is 2.72. The Morgan fingerprint density at radius 1 is 1.24 bits per heavy atom. The molecule has 1 fully saturated rings. The van der Waals surface area contributed by atoms with Crippen LogP contribution < -0.4 is 10.4 Å². The van der Waals surface area contributed by atoms with Gasteiger partial charge in [-0.2, -0.15) is 0 Å². The maximum atomic E-state index is 12.9. The van der Waals surface area contributed by atoms with Crippen molar-refractivity contribution in [1.29, 1.82) is 0 Å². The molecule has 3 heterocycles. The van der Waals surface area contributed by atoms with E-state index in [1.807, 2.05) is 0 Å². The van der Waals surface area contributed by atoms with Crippen molar-refractivity contribution in [3.63, 3.8) is 0 Å². The molecule has 128 valence electrons. The van der Waals surface area contributed by atoms with Gasteiger partial charge in [0.05, 0.1) is 30.8 Å². The molecule has 0 radical (unpaired) electrons. The zero-order valence-electron chi connectivity index (χ0n) is 13.1. The smallest absolute Gasteiger partial charge is 0.263 e. The van der Waals surface area contributed by atoms with Crippen molar-refractivity contribution in [2.45, 2.75) is 12.8 Å². The molecule has 0 atom stereocenters. The molecule has 6 nitrogen and oxygen atoms in total. The molecule has 8 heteroatoms. The van der Waals surface area contributed by atoms with E-state index in [9.17, 15) is 4.79 Å². The van der Waals surface area contributed by atoms with Gasteiger partial charge < -0.3 is 9.47 Å². The summed E-state index contributed by atoms with van der Waals surface area (Å²) in [4.78, 5) is 23.0. The van der Waals surface area contributed by atoms with E-state index in [1.54, 1.807) is 47.2 Å². The molecule has 0 spiro atoms. The minimum atomic E-state index is -0.446. The van der Waals surface area contributed by atoms with Gasteiger partial charge in [-0.25, -0.2) is 9.98 Å². The summed E-state index contributed by atoms with van der Waals surface area (Å²) in [6.07, 6.45) is 1.22. The van der Waals surface area contributed by atoms with E-state index in [4.69, 9.17) is 21.1 Å². The van der Waals surface area contributed by atoms with E-state index >= 15 is 0 Å². The van der Waals surface area contributed by atoms with Crippen LogP contribution >= 0.6 is 22.9 Å². The Hall–Kier alpha value is -2.06. The first kappa shape index (κ1) is 16.4. The number of halogens is 1. The lowest BCUT2D eigenvalue weighted by molar-refractivity contribution is -0.0534. The van der Waals surface area contributed by atoms with E-state index in [0.717, 1.165) is 0 Å². The Morgan fingerprint density at radius 2 is 2.00 bits per heavy atom. The second kappa shape index (κ2) is 7.05. The Balaban J connectivity index is 1.90. The van der Waals surface area contributed by atoms with Crippen molar-refractivity contribution in [3.05, 3.63) is 62.8 Å². The SMILES string of the molecule is O=c1c2cccnc2sc(=Nc2ccc(Cl)cc2)n1CC1OCCO1. The minimum absolute atomic E-state index is 0.159. The zero-order chi connectivity index (χ0) is 17.2. The van der Waals surface area contributed by atoms with Crippen LogP contribution in [-0.4, -0.2) is 29.1 Å². The number of rotatable bonds is 3. The summed E-state index contributed by atoms with van der Waals surface area (Å²) in [7, 11) is 0. The van der Waals surface area contributed by atoms with Crippen LogP contribution in [0.3, 0.4) is 0 Å². The second-order valence-electron chi connectivity index (χ2n) is 5.42. The number of benzene rings is 1. The molecule has 2 aromatic heterocycles. The van der Waals surface area contributed by atoms with Crippen molar-refractivity contribution >= 4 is 38.8 Å². The first-order valence-corrected chi connectivity index (χ1v) is 8.92. The number of fused-ring (bicyclic) bond motifs is 1. The molecule has 4 rings (SSSR count). The van der Waals surface area contributed by atoms with E-state index < -0.39 is 6.29 Å². The topological polar surface area (TPSA) is 65.7 Å². The van der Waals surface area contributed by atoms with Gasteiger partial charge in [0.2, 0.25) is 0 Å². The molecule has 1 aromatic carbocycles. The molecule has 3 aromatic rings. The van der Waals surface area contributed by atoms with Crippen LogP contribution in [0.4, 0.5) is 5.69 Å². The molecule has 0 bridgehead atoms. The maximum absolute atomic E-state index is 12.9. The summed E-state index contributed by atoms with van der Waals surface area (Å²) in [6.45, 7) is 1.34. The molecule has 0 amide bonds. The van der Waals surface area contributed by atoms with Crippen molar-refractivity contribution in [2.75, 3.05) is 13.2 Å². The fourth-order valence-electron chi connectivity index (χ4n) is 2.54. The average Bonchev–Trinajstić information content (AvgIpc) is 3.13. The van der Waals surface area contributed by atoms with Crippen LogP contribution in [-0.2, 0) is 16.0 Å². The van der Waals surface area contributed by atoms with Gasteiger partial charge in [0.15, 0.2) is 11.1 Å². The number of hydrogen-bond acceptors (Lipinski definition) is 6. The lowest BCUT2D eigenvalue weighted by atomic mass is 10.3. The van der Waals surface area contributed by atoms with E-state index in [-0.39, 0.29) is 12.1 Å². The van der Waals surface area contributed by atoms with Gasteiger partial charge in [0.1, 0.15) is 4.83 Å². The first-order chi connectivity index (χ1) is 12.2. The van der Waals surface area contributed by atoms with Crippen LogP contribution in [0.15, 0.2) is 52.4 Å². The number of aromatic nitrogens is 2. The molecule has 0 unspecified atom stereocenters. The molecule has 25 heavy (non-hydrogen) atoms. The van der Waals surface area contributed by atoms with E-state index in [1.165, 1.54) is 11.3 Å². The number of pyridine rings is 1. The molecule has 1 aliphatic rings. The largest absolute Gasteiger partial charge is 0.348 e. The summed E-state index contributed by atoms with van der Waals surface area (Å²) in [5.41, 5.74) is 0.547. The Morgan fingerprint density at radius 3 is 2.76 bits per heavy atom. The van der Waals surface area contributed by atoms with Gasteiger partial charge in [0, 0.05) is 11.2 Å². The molecular weight excluding hydrogens is 362 g/mol. The zero-order valence-corrected chi connectivity index (χ0v) is 14.7. The van der Waals surface area contributed by atoms with Gasteiger partial charge in [-0.15, -0.1) is 0 Å². The monoisotopic (exact) mass is 375 g/mol. The van der Waals surface area contributed by atoms with E-state index in [0.29, 0.717) is 38.9 Å². The maximum Gasteiger partial charge on any atom is 0.263 e. The Kier molecular flexibility index (Phi) is 4.63. The van der Waals surface area contributed by atoms with Crippen molar-refractivity contribution in [3.8, 4) is 0 Å². The third kappa shape index (κ3) is 3.50. The molecule has 0 saturated carbocycles. The van der Waals surface area contributed by atoms with E-state index in [2.05, 4.69) is 9.98 Å². The van der Waals surface area contributed by atoms with Crippen LogP contribution in [0.25, 0.3) is 10.2 Å². The second-order valence-corrected chi connectivity index (χ2v) is 6.81. The normalized spacial score (nSPS) is 16.0. The highest BCUT2D eigenvalue weighted by Gasteiger charge is 2.19. The summed E-state index contributed by atoms with van der Waals surface area (Å²) >= 11 is 7.28. The molecular formula is C17H14ClN3O3S. The molecule has 0 aliphatic carbocycles. The van der Waals surface area contributed by atoms with Crippen molar-refractivity contribution < 1.29 is 9.47 Å². The first-order valence-electron chi connectivity index (χ1n) is 7.73. The summed E-state index contributed by atoms with van der Waals surface area (Å²) in [6, 6.07) is 10.6. The van der Waals surface area contributed by atoms with Crippen LogP contribution in [0.1, 0.15) is 0 Å². The van der Waals surface area contributed by atoms with Crippen LogP contribution in [0, 0.1) is 0 Å². The highest BCUT2D eigenvalue weighted by atomic mass is 35.5. The lowest BCUT2D eigenvalue weighted by Gasteiger charge is -2.12. The standard InChI is InChI=1S/C17H14ClN3O3S/c18-11-3-5-12(6-4-11)20-17-21(10-14-23-8-9-24-14)16(22)13-2-1-7-19-15(13)25-17/h1-7,14H,8-10H2. The summed E-state index contributed by atoms with van der Waals surface area (Å²) < 4.78 is 12.6. The minimum Gasteiger partial charge on any atom is -0.348 e. The predicted molar refractivity (Wildman–Crippen MR) is 96.2 cm³/mol. The number of hydrogen-bond donors (Lipinski definition) is 0. The van der Waals surface area contributed by atoms with Crippen LogP contribution in [0.2, 0.25) is 5.02 Å². The van der Waals surface area contributed by atoms with Gasteiger partial charge in [-0.1, -0.05) is 22.9 Å². The fraction of sp³-hybridized carbons (Fsp3) is 0.235. The summed E-state index contributed by atoms with van der Waals surface area (Å²) in [5, 5.41) is 1.19. The van der Waals surface area contributed by atoms with Gasteiger partial charge in [0.25, 0.3) is 5.56 Å². The molecule has 1 aliphatic heterocycles. The van der Waals surface area contributed by atoms with Crippen LogP contribution in [0.5, 0.6) is 0 Å². The number of ether oxygens (including phenoxy) is 2. The summed E-state index contributed by atoms with van der Waals surface area (Å²) in [5.74, 6) is 0. The molecule has 0 N–H and O–H groups in total. The van der Waals surface area contributed by atoms with Gasteiger partial charge in [-0.05, 0) is 36.4 Å². The van der Waals surface area contributed by atoms with Crippen molar-refractivity contribution in [1.82, 2.24) is 9.55 Å². The third-order valence-corrected chi connectivity index (χ3v) is 5.00. The number of nitrogens with zero attached hydrogens (tertiary/aromatic N) is 3. The fourth-order valence-corrected chi connectivity index (χ4v) is 3.64. The highest BCUT2D eigenvalue weighted by molar-refractivity contribution is 7.15. The molecule has 1 saturated heterocycles. The Bertz CT molecular complexity index is 1020. The Labute approximate surface area is 152 Å². The van der Waals surface area contributed by atoms with Gasteiger partial charge in [-0.3, -0.25) is 9.36 Å². The van der Waals surface area contributed by atoms with Crippen molar-refractivity contribution in [2.24, 2.45) is 4.99 Å². The quantitative estimate of drug-likeness (QED) is 0.706.